The molecule has 1 aromatic carbocycles. The first-order valence-electron chi connectivity index (χ1n) is 7.29. The summed E-state index contributed by atoms with van der Waals surface area (Å²) in [6, 6.07) is 10.4. The summed E-state index contributed by atoms with van der Waals surface area (Å²) in [4.78, 5) is 4.32. The van der Waals surface area contributed by atoms with Crippen LogP contribution >= 0.6 is 11.5 Å². The molecule has 5 heteroatoms. The highest BCUT2D eigenvalue weighted by molar-refractivity contribution is 7.07. The maximum Gasteiger partial charge on any atom is 0.293 e. The number of hydrogen-bond donors (Lipinski definition) is 1. The lowest BCUT2D eigenvalue weighted by molar-refractivity contribution is 0.175. The predicted molar refractivity (Wildman–Crippen MR) is 86.7 cm³/mol. The number of aromatic nitrogens is 2. The van der Waals surface area contributed by atoms with Crippen molar-refractivity contribution in [2.24, 2.45) is 5.41 Å². The Hall–Kier alpha value is -1.46. The molecule has 114 valence electrons. The van der Waals surface area contributed by atoms with Gasteiger partial charge >= 0.3 is 0 Å². The molecule has 2 rings (SSSR count). The summed E-state index contributed by atoms with van der Waals surface area (Å²) >= 11 is 1.33. The standard InChI is InChI=1S/C16H23N3OS/c1-4-14-18-15(21-19-14)20-12-16(2,3)11-17-10-13-8-6-5-7-9-13/h5-9,17H,4,10-12H2,1-3H3. The van der Waals surface area contributed by atoms with Crippen LogP contribution in [0.1, 0.15) is 32.2 Å². The molecule has 0 aliphatic carbocycles. The van der Waals surface area contributed by atoms with Gasteiger partial charge in [-0.25, -0.2) is 0 Å². The van der Waals surface area contributed by atoms with E-state index in [-0.39, 0.29) is 5.41 Å². The first kappa shape index (κ1) is 15.9. The number of nitrogens with one attached hydrogen (secondary N) is 1. The van der Waals surface area contributed by atoms with Crippen LogP contribution in [0.15, 0.2) is 30.3 Å². The summed E-state index contributed by atoms with van der Waals surface area (Å²) < 4.78 is 9.99. The fraction of sp³-hybridized carbons (Fsp3) is 0.500. The van der Waals surface area contributed by atoms with Gasteiger partial charge in [-0.2, -0.15) is 9.36 Å². The smallest absolute Gasteiger partial charge is 0.293 e. The quantitative estimate of drug-likeness (QED) is 0.813. The molecular formula is C16H23N3OS. The Kier molecular flexibility index (Phi) is 5.70. The van der Waals surface area contributed by atoms with E-state index in [1.165, 1.54) is 17.1 Å². The van der Waals surface area contributed by atoms with Crippen LogP contribution in [0.25, 0.3) is 0 Å². The molecule has 4 nitrogen and oxygen atoms in total. The van der Waals surface area contributed by atoms with Crippen molar-refractivity contribution in [1.29, 1.82) is 0 Å². The van der Waals surface area contributed by atoms with Crippen LogP contribution in [-0.4, -0.2) is 22.5 Å². The molecule has 1 N–H and O–H groups in total. The maximum atomic E-state index is 5.76. The van der Waals surface area contributed by atoms with Gasteiger partial charge in [0.25, 0.3) is 5.19 Å². The van der Waals surface area contributed by atoms with E-state index < -0.39 is 0 Å². The molecule has 0 atom stereocenters. The largest absolute Gasteiger partial charge is 0.468 e. The molecule has 21 heavy (non-hydrogen) atoms. The van der Waals surface area contributed by atoms with Crippen molar-refractivity contribution < 1.29 is 4.74 Å². The normalized spacial score (nSPS) is 11.6. The first-order valence-corrected chi connectivity index (χ1v) is 8.06. The summed E-state index contributed by atoms with van der Waals surface area (Å²) in [6.45, 7) is 8.82. The van der Waals surface area contributed by atoms with Gasteiger partial charge in [-0.15, -0.1) is 0 Å². The van der Waals surface area contributed by atoms with E-state index in [2.05, 4.69) is 52.8 Å². The van der Waals surface area contributed by atoms with Crippen molar-refractivity contribution >= 4 is 11.5 Å². The zero-order valence-corrected chi connectivity index (χ0v) is 13.7. The van der Waals surface area contributed by atoms with Gasteiger partial charge in [0.05, 0.1) is 6.61 Å². The molecule has 2 aromatic rings. The van der Waals surface area contributed by atoms with E-state index >= 15 is 0 Å². The molecule has 0 unspecified atom stereocenters. The lowest BCUT2D eigenvalue weighted by Gasteiger charge is -2.24. The van der Waals surface area contributed by atoms with E-state index in [1.54, 1.807) is 0 Å². The Labute approximate surface area is 130 Å². The third-order valence-electron chi connectivity index (χ3n) is 3.13. The second-order valence-electron chi connectivity index (χ2n) is 5.87. The fourth-order valence-corrected chi connectivity index (χ4v) is 2.50. The van der Waals surface area contributed by atoms with Crippen molar-refractivity contribution in [2.45, 2.75) is 33.7 Å². The van der Waals surface area contributed by atoms with Crippen molar-refractivity contribution in [3.8, 4) is 5.19 Å². The Morgan fingerprint density at radius 3 is 2.67 bits per heavy atom. The predicted octanol–water partition coefficient (Wildman–Crippen LogP) is 3.30. The molecule has 1 heterocycles. The lowest BCUT2D eigenvalue weighted by Crippen LogP contribution is -2.34. The van der Waals surface area contributed by atoms with Crippen LogP contribution in [0.5, 0.6) is 5.19 Å². The molecule has 0 amide bonds. The zero-order valence-electron chi connectivity index (χ0n) is 12.9. The zero-order chi connectivity index (χ0) is 15.1. The van der Waals surface area contributed by atoms with Gasteiger partial charge in [-0.3, -0.25) is 0 Å². The number of ether oxygens (including phenoxy) is 1. The van der Waals surface area contributed by atoms with Crippen molar-refractivity contribution in [3.05, 3.63) is 41.7 Å². The minimum absolute atomic E-state index is 0.0484. The maximum absolute atomic E-state index is 5.76. The van der Waals surface area contributed by atoms with Gasteiger partial charge in [0, 0.05) is 36.5 Å². The summed E-state index contributed by atoms with van der Waals surface area (Å²) in [7, 11) is 0. The molecule has 0 aliphatic rings. The van der Waals surface area contributed by atoms with Gasteiger partial charge in [-0.05, 0) is 5.56 Å². The molecule has 0 saturated heterocycles. The summed E-state index contributed by atoms with van der Waals surface area (Å²) in [5, 5.41) is 4.15. The molecular weight excluding hydrogens is 282 g/mol. The molecule has 0 spiro atoms. The van der Waals surface area contributed by atoms with Crippen molar-refractivity contribution in [1.82, 2.24) is 14.7 Å². The second-order valence-corrected chi connectivity index (χ2v) is 6.59. The van der Waals surface area contributed by atoms with Gasteiger partial charge in [0.1, 0.15) is 5.82 Å². The van der Waals surface area contributed by atoms with Gasteiger partial charge < -0.3 is 10.1 Å². The number of benzene rings is 1. The van der Waals surface area contributed by atoms with Gasteiger partial charge in [-0.1, -0.05) is 51.1 Å². The van der Waals surface area contributed by atoms with E-state index in [4.69, 9.17) is 4.74 Å². The summed E-state index contributed by atoms with van der Waals surface area (Å²) in [5.41, 5.74) is 1.35. The Balaban J connectivity index is 1.73. The molecule has 0 aliphatic heterocycles. The van der Waals surface area contributed by atoms with Crippen molar-refractivity contribution in [2.75, 3.05) is 13.2 Å². The lowest BCUT2D eigenvalue weighted by atomic mass is 9.95. The molecule has 1 aromatic heterocycles. The molecule has 0 saturated carbocycles. The van der Waals surface area contributed by atoms with E-state index in [1.807, 2.05) is 13.0 Å². The molecule has 0 fully saturated rings. The average molecular weight is 305 g/mol. The number of rotatable bonds is 8. The number of aryl methyl sites for hydroxylation is 1. The Morgan fingerprint density at radius 2 is 2.00 bits per heavy atom. The van der Waals surface area contributed by atoms with Crippen LogP contribution in [0.3, 0.4) is 0 Å². The molecule has 0 radical (unpaired) electrons. The SMILES string of the molecule is CCc1nsc(OCC(C)(C)CNCc2ccccc2)n1. The minimum Gasteiger partial charge on any atom is -0.468 e. The van der Waals surface area contributed by atoms with E-state index in [0.29, 0.717) is 11.8 Å². The highest BCUT2D eigenvalue weighted by Gasteiger charge is 2.19. The molecule has 0 bridgehead atoms. The van der Waals surface area contributed by atoms with E-state index in [9.17, 15) is 0 Å². The van der Waals surface area contributed by atoms with Crippen LogP contribution in [0.2, 0.25) is 0 Å². The summed E-state index contributed by atoms with van der Waals surface area (Å²) in [5.74, 6) is 0.856. The van der Waals surface area contributed by atoms with Crippen molar-refractivity contribution in [3.63, 3.8) is 0 Å². The van der Waals surface area contributed by atoms with Gasteiger partial charge in [0.2, 0.25) is 0 Å². The van der Waals surface area contributed by atoms with Crippen LogP contribution < -0.4 is 10.1 Å². The fourth-order valence-electron chi connectivity index (χ4n) is 1.89. The highest BCUT2D eigenvalue weighted by atomic mass is 32.1. The average Bonchev–Trinajstić information content (AvgIpc) is 2.94. The monoisotopic (exact) mass is 305 g/mol. The van der Waals surface area contributed by atoms with Gasteiger partial charge in [0.15, 0.2) is 0 Å². The number of hydrogen-bond acceptors (Lipinski definition) is 5. The topological polar surface area (TPSA) is 47.0 Å². The minimum atomic E-state index is 0.0484. The third kappa shape index (κ3) is 5.44. The number of nitrogens with zero attached hydrogens (tertiary/aromatic N) is 2. The third-order valence-corrected chi connectivity index (χ3v) is 3.79. The van der Waals surface area contributed by atoms with Crippen LogP contribution in [0, 0.1) is 5.41 Å². The highest BCUT2D eigenvalue weighted by Crippen LogP contribution is 2.20. The summed E-state index contributed by atoms with van der Waals surface area (Å²) in [6.07, 6.45) is 0.849. The van der Waals surface area contributed by atoms with Crippen LogP contribution in [0.4, 0.5) is 0 Å². The van der Waals surface area contributed by atoms with Crippen LogP contribution in [-0.2, 0) is 13.0 Å². The second kappa shape index (κ2) is 7.52. The van der Waals surface area contributed by atoms with E-state index in [0.717, 1.165) is 25.3 Å². The Morgan fingerprint density at radius 1 is 1.24 bits per heavy atom. The Bertz CT molecular complexity index is 539. The first-order chi connectivity index (χ1) is 10.1.